The molecule has 1 fully saturated rings. The second kappa shape index (κ2) is 6.05. The van der Waals surface area contributed by atoms with Crippen molar-refractivity contribution in [1.29, 1.82) is 0 Å². The van der Waals surface area contributed by atoms with Crippen molar-refractivity contribution in [3.63, 3.8) is 0 Å². The van der Waals surface area contributed by atoms with E-state index in [0.717, 1.165) is 24.3 Å². The Morgan fingerprint density at radius 1 is 0.880 bits per heavy atom. The molecule has 0 bridgehead atoms. The van der Waals surface area contributed by atoms with Gasteiger partial charge in [-0.2, -0.15) is 26.3 Å². The molecule has 9 heteroatoms. The van der Waals surface area contributed by atoms with Gasteiger partial charge in [-0.1, -0.05) is 0 Å². The van der Waals surface area contributed by atoms with Crippen LogP contribution in [0.3, 0.4) is 0 Å². The first kappa shape index (κ1) is 17.8. The molecular weight excluding hydrogens is 348 g/mol. The Morgan fingerprint density at radius 3 is 2.08 bits per heavy atom. The van der Waals surface area contributed by atoms with E-state index in [1.807, 2.05) is 11.9 Å². The number of nitrogens with zero attached hydrogens (tertiary/aromatic N) is 3. The summed E-state index contributed by atoms with van der Waals surface area (Å²) in [5, 5.41) is 0.0763. The predicted octanol–water partition coefficient (Wildman–Crippen LogP) is 4.02. The molecule has 0 amide bonds. The topological polar surface area (TPSA) is 19.4 Å². The molecule has 2 aromatic rings. The van der Waals surface area contributed by atoms with Crippen molar-refractivity contribution in [2.75, 3.05) is 38.1 Å². The number of fused-ring (bicyclic) bond motifs is 1. The molecule has 3 nitrogen and oxygen atoms in total. The van der Waals surface area contributed by atoms with Crippen molar-refractivity contribution in [2.24, 2.45) is 0 Å². The Bertz CT molecular complexity index is 776. The number of likely N-dealkylation sites (N-methyl/N-ethyl adjacent to an activating group) is 1. The SMILES string of the molecule is CN1CCN(c2cc(C(F)(F)F)nc3ccc(C(F)(F)F)cc23)CC1. The van der Waals surface area contributed by atoms with E-state index < -0.39 is 23.6 Å². The number of piperazine rings is 1. The maximum atomic E-state index is 13.1. The van der Waals surface area contributed by atoms with E-state index in [4.69, 9.17) is 0 Å². The van der Waals surface area contributed by atoms with Gasteiger partial charge in [-0.15, -0.1) is 0 Å². The summed E-state index contributed by atoms with van der Waals surface area (Å²) in [6.07, 6.45) is -9.24. The molecule has 136 valence electrons. The maximum Gasteiger partial charge on any atom is 0.433 e. The van der Waals surface area contributed by atoms with E-state index in [0.29, 0.717) is 26.2 Å². The van der Waals surface area contributed by atoms with Crippen LogP contribution in [-0.4, -0.2) is 43.1 Å². The molecule has 2 heterocycles. The van der Waals surface area contributed by atoms with E-state index >= 15 is 0 Å². The average molecular weight is 363 g/mol. The van der Waals surface area contributed by atoms with Gasteiger partial charge >= 0.3 is 12.4 Å². The summed E-state index contributed by atoms with van der Waals surface area (Å²) >= 11 is 0. The molecule has 0 unspecified atom stereocenters. The standard InChI is InChI=1S/C16H15F6N3/c1-24-4-6-25(7-5-24)13-9-14(16(20,21)22)23-12-3-2-10(8-11(12)13)15(17,18)19/h2-3,8-9H,4-7H2,1H3. The third-order valence-corrected chi connectivity index (χ3v) is 4.25. The molecule has 1 saturated heterocycles. The zero-order chi connectivity index (χ0) is 18.4. The quantitative estimate of drug-likeness (QED) is 0.714. The first-order valence-corrected chi connectivity index (χ1v) is 7.58. The summed E-state index contributed by atoms with van der Waals surface area (Å²) in [5.74, 6) is 0. The Balaban J connectivity index is 2.18. The van der Waals surface area contributed by atoms with Gasteiger partial charge in [0.2, 0.25) is 0 Å². The summed E-state index contributed by atoms with van der Waals surface area (Å²) in [6, 6.07) is 3.46. The number of aromatic nitrogens is 1. The molecule has 1 aromatic carbocycles. The monoisotopic (exact) mass is 363 g/mol. The van der Waals surface area contributed by atoms with Gasteiger partial charge < -0.3 is 9.80 Å². The van der Waals surface area contributed by atoms with E-state index in [1.54, 1.807) is 4.90 Å². The molecule has 1 aliphatic rings. The molecule has 0 atom stereocenters. The van der Waals surface area contributed by atoms with Crippen LogP contribution in [-0.2, 0) is 12.4 Å². The van der Waals surface area contributed by atoms with Crippen LogP contribution >= 0.6 is 0 Å². The second-order valence-electron chi connectivity index (χ2n) is 6.04. The van der Waals surface area contributed by atoms with Crippen LogP contribution in [0.1, 0.15) is 11.3 Å². The number of benzene rings is 1. The number of hydrogen-bond donors (Lipinski definition) is 0. The van der Waals surface area contributed by atoms with Crippen molar-refractivity contribution in [1.82, 2.24) is 9.88 Å². The first-order valence-electron chi connectivity index (χ1n) is 7.58. The summed E-state index contributed by atoms with van der Waals surface area (Å²) in [4.78, 5) is 7.20. The van der Waals surface area contributed by atoms with Gasteiger partial charge in [-0.05, 0) is 31.3 Å². The maximum absolute atomic E-state index is 13.1. The predicted molar refractivity (Wildman–Crippen MR) is 81.5 cm³/mol. The fraction of sp³-hybridized carbons (Fsp3) is 0.438. The highest BCUT2D eigenvalue weighted by atomic mass is 19.4. The third kappa shape index (κ3) is 3.65. The lowest BCUT2D eigenvalue weighted by atomic mass is 10.1. The Labute approximate surface area is 139 Å². The number of halogens is 6. The number of anilines is 1. The molecule has 0 aliphatic carbocycles. The van der Waals surface area contributed by atoms with Gasteiger partial charge in [0, 0.05) is 37.3 Å². The van der Waals surface area contributed by atoms with Crippen LogP contribution in [0.25, 0.3) is 10.9 Å². The van der Waals surface area contributed by atoms with Gasteiger partial charge in [0.15, 0.2) is 0 Å². The number of rotatable bonds is 1. The summed E-state index contributed by atoms with van der Waals surface area (Å²) < 4.78 is 78.3. The van der Waals surface area contributed by atoms with Crippen LogP contribution in [0, 0.1) is 0 Å². The first-order chi connectivity index (χ1) is 11.6. The van der Waals surface area contributed by atoms with Crippen LogP contribution in [0.2, 0.25) is 0 Å². The Morgan fingerprint density at radius 2 is 1.52 bits per heavy atom. The average Bonchev–Trinajstić information content (AvgIpc) is 2.52. The van der Waals surface area contributed by atoms with Crippen LogP contribution in [0.5, 0.6) is 0 Å². The van der Waals surface area contributed by atoms with Crippen molar-refractivity contribution < 1.29 is 26.3 Å². The van der Waals surface area contributed by atoms with E-state index in [9.17, 15) is 26.3 Å². The number of pyridine rings is 1. The van der Waals surface area contributed by atoms with Gasteiger partial charge in [-0.25, -0.2) is 4.98 Å². The molecule has 25 heavy (non-hydrogen) atoms. The fourth-order valence-corrected chi connectivity index (χ4v) is 2.84. The number of hydrogen-bond acceptors (Lipinski definition) is 3. The smallest absolute Gasteiger partial charge is 0.368 e. The normalized spacial score (nSPS) is 17.3. The molecule has 0 spiro atoms. The third-order valence-electron chi connectivity index (χ3n) is 4.25. The molecule has 3 rings (SSSR count). The minimum absolute atomic E-state index is 0.0763. The summed E-state index contributed by atoms with van der Waals surface area (Å²) in [7, 11) is 1.88. The molecule has 0 radical (unpaired) electrons. The van der Waals surface area contributed by atoms with Crippen LogP contribution < -0.4 is 4.90 Å². The molecule has 1 aliphatic heterocycles. The molecular formula is C16H15F6N3. The van der Waals surface area contributed by atoms with E-state index in [1.165, 1.54) is 0 Å². The Kier molecular flexibility index (Phi) is 4.30. The zero-order valence-corrected chi connectivity index (χ0v) is 13.2. The van der Waals surface area contributed by atoms with Crippen molar-refractivity contribution in [2.45, 2.75) is 12.4 Å². The lowest BCUT2D eigenvalue weighted by molar-refractivity contribution is -0.141. The zero-order valence-electron chi connectivity index (χ0n) is 13.2. The van der Waals surface area contributed by atoms with Crippen molar-refractivity contribution in [3.8, 4) is 0 Å². The largest absolute Gasteiger partial charge is 0.433 e. The minimum atomic E-state index is -4.67. The van der Waals surface area contributed by atoms with Gasteiger partial charge in [-0.3, -0.25) is 0 Å². The highest BCUT2D eigenvalue weighted by molar-refractivity contribution is 5.92. The second-order valence-corrected chi connectivity index (χ2v) is 6.04. The van der Waals surface area contributed by atoms with E-state index in [-0.39, 0.29) is 16.6 Å². The van der Waals surface area contributed by atoms with Gasteiger partial charge in [0.05, 0.1) is 11.1 Å². The fourth-order valence-electron chi connectivity index (χ4n) is 2.84. The molecule has 1 aromatic heterocycles. The lowest BCUT2D eigenvalue weighted by Gasteiger charge is -2.35. The van der Waals surface area contributed by atoms with E-state index in [2.05, 4.69) is 4.98 Å². The van der Waals surface area contributed by atoms with Crippen LogP contribution in [0.15, 0.2) is 24.3 Å². The minimum Gasteiger partial charge on any atom is -0.368 e. The Hall–Kier alpha value is -2.03. The summed E-state index contributed by atoms with van der Waals surface area (Å²) in [6.45, 7) is 2.10. The molecule has 0 saturated carbocycles. The number of alkyl halides is 6. The van der Waals surface area contributed by atoms with Gasteiger partial charge in [0.25, 0.3) is 0 Å². The van der Waals surface area contributed by atoms with Crippen molar-refractivity contribution in [3.05, 3.63) is 35.5 Å². The van der Waals surface area contributed by atoms with Gasteiger partial charge in [0.1, 0.15) is 5.69 Å². The highest BCUT2D eigenvalue weighted by Gasteiger charge is 2.35. The highest BCUT2D eigenvalue weighted by Crippen LogP contribution is 2.38. The summed E-state index contributed by atoms with van der Waals surface area (Å²) in [5.41, 5.74) is -1.97. The van der Waals surface area contributed by atoms with Crippen LogP contribution in [0.4, 0.5) is 32.0 Å². The lowest BCUT2D eigenvalue weighted by Crippen LogP contribution is -2.44. The molecule has 0 N–H and O–H groups in total. The van der Waals surface area contributed by atoms with Crippen molar-refractivity contribution >= 4 is 16.6 Å².